The highest BCUT2D eigenvalue weighted by molar-refractivity contribution is 7.95. The number of benzene rings is 2. The van der Waals surface area contributed by atoms with Gasteiger partial charge in [-0.05, 0) is 94.1 Å². The van der Waals surface area contributed by atoms with Crippen molar-refractivity contribution >= 4 is 61.0 Å². The van der Waals surface area contributed by atoms with Gasteiger partial charge < -0.3 is 34.4 Å². The number of ether oxygens (including phenoxy) is 2. The highest BCUT2D eigenvalue weighted by atomic mass is 35.5. The molecule has 390 valence electrons. The molecule has 19 heteroatoms. The molecule has 2 aromatic carbocycles. The Morgan fingerprint density at radius 1 is 0.959 bits per heavy atom. The Kier molecular flexibility index (Phi) is 16.1. The van der Waals surface area contributed by atoms with Crippen molar-refractivity contribution in [3.63, 3.8) is 0 Å². The summed E-state index contributed by atoms with van der Waals surface area (Å²) in [7, 11) is -1.57. The highest BCUT2D eigenvalue weighted by Gasteiger charge is 2.34. The lowest BCUT2D eigenvalue weighted by atomic mass is 9.99. The average molecular weight is 1040 g/mol. The van der Waals surface area contributed by atoms with Crippen LogP contribution in [0, 0.1) is 11.3 Å². The van der Waals surface area contributed by atoms with Crippen molar-refractivity contribution in [1.82, 2.24) is 39.3 Å². The second-order valence-corrected chi connectivity index (χ2v) is 22.8. The van der Waals surface area contributed by atoms with Crippen molar-refractivity contribution < 1.29 is 17.9 Å². The molecule has 0 saturated carbocycles. The Morgan fingerprint density at radius 2 is 1.82 bits per heavy atom. The molecule has 0 bridgehead atoms. The van der Waals surface area contributed by atoms with Gasteiger partial charge in [0.15, 0.2) is 15.5 Å². The van der Waals surface area contributed by atoms with Gasteiger partial charge in [-0.1, -0.05) is 55.4 Å². The molecule has 0 aliphatic carbocycles. The summed E-state index contributed by atoms with van der Waals surface area (Å²) in [5, 5.41) is 21.1. The van der Waals surface area contributed by atoms with E-state index < -0.39 is 9.84 Å². The SMILES string of the molecule is C=C(COCC[C@@H]1CCCCN1c1cc(NCc2cccnc2)n2ncc(CC)c2n1)S(=O)(=O)CCN1CCN(c2nc(OC[C@@H]3CCCN3C)nc3c2CCN(c2cccc4cccc(Cl)c24)C3)C[C@@H]1CC#N. The summed E-state index contributed by atoms with van der Waals surface area (Å²) in [6, 6.07) is 21.3. The lowest BCUT2D eigenvalue weighted by Crippen LogP contribution is -2.54. The van der Waals surface area contributed by atoms with Gasteiger partial charge in [-0.15, -0.1) is 0 Å². The number of anilines is 4. The van der Waals surface area contributed by atoms with Crippen LogP contribution >= 0.6 is 11.6 Å². The Hall–Kier alpha value is -6.10. The number of likely N-dealkylation sites (N-methyl/N-ethyl adjacent to an activating group) is 1. The molecule has 0 spiro atoms. The van der Waals surface area contributed by atoms with Gasteiger partial charge >= 0.3 is 6.01 Å². The van der Waals surface area contributed by atoms with Gasteiger partial charge in [-0.25, -0.2) is 13.4 Å². The van der Waals surface area contributed by atoms with Crippen LogP contribution in [0.4, 0.5) is 23.1 Å². The molecule has 74 heavy (non-hydrogen) atoms. The lowest BCUT2D eigenvalue weighted by molar-refractivity contribution is 0.147. The largest absolute Gasteiger partial charge is 0.462 e. The van der Waals surface area contributed by atoms with E-state index in [2.05, 4.69) is 96.9 Å². The minimum Gasteiger partial charge on any atom is -0.462 e. The molecule has 3 atom stereocenters. The number of sulfone groups is 1. The third-order valence-corrected chi connectivity index (χ3v) is 17.5. The Bertz CT molecular complexity index is 3090. The average Bonchev–Trinajstić information content (AvgIpc) is 4.05. The monoisotopic (exact) mass is 1040 g/mol. The van der Waals surface area contributed by atoms with Crippen LogP contribution in [0.1, 0.15) is 74.3 Å². The van der Waals surface area contributed by atoms with Crippen molar-refractivity contribution in [2.75, 3.05) is 98.5 Å². The molecule has 4 aliphatic heterocycles. The van der Waals surface area contributed by atoms with Gasteiger partial charge in [0.05, 0.1) is 53.2 Å². The van der Waals surface area contributed by atoms with E-state index in [1.165, 1.54) is 0 Å². The van der Waals surface area contributed by atoms with Crippen LogP contribution in [0.15, 0.2) is 84.7 Å². The van der Waals surface area contributed by atoms with Crippen LogP contribution in [0.25, 0.3) is 16.4 Å². The Labute approximate surface area is 440 Å². The van der Waals surface area contributed by atoms with E-state index in [9.17, 15) is 13.7 Å². The third kappa shape index (κ3) is 11.4. The summed E-state index contributed by atoms with van der Waals surface area (Å²) >= 11 is 6.81. The Morgan fingerprint density at radius 3 is 2.64 bits per heavy atom. The van der Waals surface area contributed by atoms with Crippen LogP contribution < -0.4 is 24.8 Å². The number of nitrogens with zero attached hydrogens (tertiary/aromatic N) is 12. The fraction of sp³-hybridized carbons (Fsp3) is 0.491. The molecule has 1 N–H and O–H groups in total. The first kappa shape index (κ1) is 51.4. The van der Waals surface area contributed by atoms with Crippen LogP contribution in [0.5, 0.6) is 6.01 Å². The first-order valence-corrected chi connectivity index (χ1v) is 28.4. The number of hydrogen-bond acceptors (Lipinski definition) is 16. The summed E-state index contributed by atoms with van der Waals surface area (Å²) in [5.41, 5.74) is 6.04. The van der Waals surface area contributed by atoms with Crippen LogP contribution in [0.3, 0.4) is 0 Å². The zero-order chi connectivity index (χ0) is 51.2. The predicted molar refractivity (Wildman–Crippen MR) is 292 cm³/mol. The highest BCUT2D eigenvalue weighted by Crippen LogP contribution is 2.38. The van der Waals surface area contributed by atoms with Gasteiger partial charge in [0, 0.05) is 111 Å². The molecule has 17 nitrogen and oxygen atoms in total. The fourth-order valence-electron chi connectivity index (χ4n) is 11.2. The van der Waals surface area contributed by atoms with Gasteiger partial charge in [-0.3, -0.25) is 9.88 Å². The standard InChI is InChI=1S/C55H68ClN13O4S/c1-4-41-34-60-69-50(59-33-40-11-9-22-58-32-40)31-51(62-53(41)69)68-24-6-5-14-43(68)20-29-72-37-39(2)74(70,71)30-28-65-26-27-67(35-44(65)18-21-57)54-46-19-25-66(49-17-8-13-42-12-7-16-47(56)52(42)49)36-48(46)61-55(63-54)73-38-45-15-10-23-64(45)3/h7-9,11-13,16-17,22,31-32,34,43-45,59H,2,4-6,10,14-15,18-20,23-30,33,35-38H2,1,3H3/t43-,44-,45-/m0/s1. The number of fused-ring (bicyclic) bond motifs is 3. The topological polar surface area (TPSA) is 173 Å². The molecule has 3 saturated heterocycles. The van der Waals surface area contributed by atoms with Gasteiger partial charge in [0.2, 0.25) is 0 Å². The Balaban J connectivity index is 0.767. The summed E-state index contributed by atoms with van der Waals surface area (Å²) in [4.78, 5) is 31.1. The van der Waals surface area contributed by atoms with Gasteiger partial charge in [-0.2, -0.15) is 24.8 Å². The van der Waals surface area contributed by atoms with Crippen LogP contribution in [-0.4, -0.2) is 144 Å². The van der Waals surface area contributed by atoms with Crippen LogP contribution in [0.2, 0.25) is 5.02 Å². The number of nitriles is 1. The maximum atomic E-state index is 13.8. The van der Waals surface area contributed by atoms with Crippen molar-refractivity contribution in [3.8, 4) is 12.1 Å². The van der Waals surface area contributed by atoms with E-state index in [0.29, 0.717) is 69.4 Å². The van der Waals surface area contributed by atoms with Crippen molar-refractivity contribution in [2.45, 2.75) is 95.9 Å². The zero-order valence-corrected chi connectivity index (χ0v) is 44.3. The number of rotatable bonds is 20. The van der Waals surface area contributed by atoms with Gasteiger partial charge in [0.1, 0.15) is 24.1 Å². The van der Waals surface area contributed by atoms with E-state index in [1.807, 2.05) is 41.2 Å². The zero-order valence-electron chi connectivity index (χ0n) is 42.7. The molecule has 0 unspecified atom stereocenters. The third-order valence-electron chi connectivity index (χ3n) is 15.5. The number of aromatic nitrogens is 6. The smallest absolute Gasteiger partial charge is 0.318 e. The number of piperidine rings is 1. The van der Waals surface area contributed by atoms with E-state index in [1.54, 1.807) is 6.20 Å². The number of aryl methyl sites for hydroxylation is 1. The minimum absolute atomic E-state index is 0.0708. The summed E-state index contributed by atoms with van der Waals surface area (Å²) < 4.78 is 42.0. The summed E-state index contributed by atoms with van der Waals surface area (Å²) in [5.74, 6) is 2.47. The number of pyridine rings is 1. The van der Waals surface area contributed by atoms with Crippen molar-refractivity contribution in [2.24, 2.45) is 0 Å². The number of hydrogen-bond donors (Lipinski definition) is 1. The maximum Gasteiger partial charge on any atom is 0.318 e. The molecule has 10 rings (SSSR count). The predicted octanol–water partition coefficient (Wildman–Crippen LogP) is 7.73. The molecular formula is C55H68ClN13O4S. The number of piperazine rings is 1. The minimum atomic E-state index is -3.71. The normalized spacial score (nSPS) is 19.8. The summed E-state index contributed by atoms with van der Waals surface area (Å²) in [6.45, 7) is 12.7. The molecule has 6 aromatic rings. The fourth-order valence-corrected chi connectivity index (χ4v) is 12.5. The molecule has 0 radical (unpaired) electrons. The number of nitrogens with one attached hydrogen (secondary N) is 1. The molecule has 3 fully saturated rings. The second kappa shape index (κ2) is 23.2. The molecule has 4 aliphatic rings. The molecule has 8 heterocycles. The molecule has 4 aromatic heterocycles. The summed E-state index contributed by atoms with van der Waals surface area (Å²) in [6.07, 6.45) is 13.4. The number of likely N-dealkylation sites (tertiary alicyclic amines) is 1. The van der Waals surface area contributed by atoms with E-state index in [4.69, 9.17) is 36.0 Å². The van der Waals surface area contributed by atoms with E-state index >= 15 is 0 Å². The number of halogens is 1. The maximum absolute atomic E-state index is 13.8. The molecule has 0 amide bonds. The van der Waals surface area contributed by atoms with E-state index in [-0.39, 0.29) is 42.3 Å². The van der Waals surface area contributed by atoms with Gasteiger partial charge in [0.25, 0.3) is 0 Å². The first-order chi connectivity index (χ1) is 36.1. The second-order valence-electron chi connectivity index (χ2n) is 20.1. The quantitative estimate of drug-likeness (QED) is 0.0736. The molecular weight excluding hydrogens is 974 g/mol. The first-order valence-electron chi connectivity index (χ1n) is 26.3. The van der Waals surface area contributed by atoms with E-state index in [0.717, 1.165) is 127 Å². The lowest BCUT2D eigenvalue weighted by Gasteiger charge is -2.42. The van der Waals surface area contributed by atoms with Crippen molar-refractivity contribution in [3.05, 3.63) is 112 Å². The van der Waals surface area contributed by atoms with Crippen LogP contribution in [-0.2, 0) is 40.5 Å². The van der Waals surface area contributed by atoms with Crippen molar-refractivity contribution in [1.29, 1.82) is 5.26 Å².